The maximum Gasteiger partial charge on any atom is 0.141 e. The van der Waals surface area contributed by atoms with Gasteiger partial charge in [-0.2, -0.15) is 0 Å². The van der Waals surface area contributed by atoms with Crippen molar-refractivity contribution in [3.63, 3.8) is 0 Å². The van der Waals surface area contributed by atoms with E-state index < -0.39 is 0 Å². The molecule has 1 heterocycles. The van der Waals surface area contributed by atoms with Gasteiger partial charge in [-0.05, 0) is 24.6 Å². The van der Waals surface area contributed by atoms with Crippen molar-refractivity contribution in [2.24, 2.45) is 0 Å². The van der Waals surface area contributed by atoms with Crippen LogP contribution in [0.15, 0.2) is 30.7 Å². The largest absolute Gasteiger partial charge is 0.495 e. The van der Waals surface area contributed by atoms with Crippen molar-refractivity contribution in [1.29, 1.82) is 0 Å². The molecule has 0 atom stereocenters. The zero-order chi connectivity index (χ0) is 11.4. The molecule has 1 aromatic carbocycles. The first-order chi connectivity index (χ1) is 7.79. The number of aromatic amines is 1. The van der Waals surface area contributed by atoms with E-state index in [2.05, 4.69) is 28.3 Å². The molecule has 0 fully saturated rings. The molecule has 2 N–H and O–H groups in total. The zero-order valence-corrected chi connectivity index (χ0v) is 9.45. The van der Waals surface area contributed by atoms with Crippen LogP contribution in [0.2, 0.25) is 0 Å². The number of imidazole rings is 1. The lowest BCUT2D eigenvalue weighted by Crippen LogP contribution is -2.01. The molecule has 1 aromatic heterocycles. The summed E-state index contributed by atoms with van der Waals surface area (Å²) in [5.41, 5.74) is 3.24. The number of hydrogen-bond acceptors (Lipinski definition) is 3. The van der Waals surface area contributed by atoms with E-state index in [9.17, 15) is 0 Å². The number of aryl methyl sites for hydroxylation is 1. The number of nitrogens with one attached hydrogen (secondary N) is 2. The Kier molecular flexibility index (Phi) is 3.10. The molecule has 0 radical (unpaired) electrons. The van der Waals surface area contributed by atoms with Crippen LogP contribution in [-0.2, 0) is 6.54 Å². The first-order valence-electron chi connectivity index (χ1n) is 5.15. The highest BCUT2D eigenvalue weighted by Crippen LogP contribution is 2.25. The molecule has 4 heteroatoms. The van der Waals surface area contributed by atoms with E-state index in [1.165, 1.54) is 5.56 Å². The maximum atomic E-state index is 5.28. The Morgan fingerprint density at radius 2 is 2.31 bits per heavy atom. The minimum atomic E-state index is 0.708. The fraction of sp³-hybridized carbons (Fsp3) is 0.250. The number of hydrogen-bond donors (Lipinski definition) is 2. The number of anilines is 1. The standard InChI is InChI=1S/C12H15N3O/c1-9-3-4-12(16-2)11(5-9)14-7-10-6-13-8-15-10/h3-6,8,14H,7H2,1-2H3,(H,13,15). The van der Waals surface area contributed by atoms with E-state index in [4.69, 9.17) is 4.74 Å². The van der Waals surface area contributed by atoms with E-state index in [-0.39, 0.29) is 0 Å². The Bertz CT molecular complexity index is 451. The highest BCUT2D eigenvalue weighted by atomic mass is 16.5. The molecule has 84 valence electrons. The van der Waals surface area contributed by atoms with E-state index >= 15 is 0 Å². The van der Waals surface area contributed by atoms with Gasteiger partial charge in [0.15, 0.2) is 0 Å². The number of nitrogens with zero attached hydrogens (tertiary/aromatic N) is 1. The average molecular weight is 217 g/mol. The van der Waals surface area contributed by atoms with Crippen molar-refractivity contribution in [3.8, 4) is 5.75 Å². The summed E-state index contributed by atoms with van der Waals surface area (Å²) in [6, 6.07) is 6.06. The van der Waals surface area contributed by atoms with Crippen LogP contribution >= 0.6 is 0 Å². The second-order valence-electron chi connectivity index (χ2n) is 3.63. The fourth-order valence-corrected chi connectivity index (χ4v) is 1.53. The normalized spacial score (nSPS) is 10.1. The fourth-order valence-electron chi connectivity index (χ4n) is 1.53. The van der Waals surface area contributed by atoms with Crippen molar-refractivity contribution >= 4 is 5.69 Å². The van der Waals surface area contributed by atoms with Gasteiger partial charge in [-0.1, -0.05) is 6.07 Å². The monoisotopic (exact) mass is 217 g/mol. The zero-order valence-electron chi connectivity index (χ0n) is 9.45. The van der Waals surface area contributed by atoms with Crippen LogP contribution in [0.5, 0.6) is 5.75 Å². The summed E-state index contributed by atoms with van der Waals surface area (Å²) in [6.07, 6.45) is 3.47. The van der Waals surface area contributed by atoms with Gasteiger partial charge in [-0.15, -0.1) is 0 Å². The Hall–Kier alpha value is -1.97. The summed E-state index contributed by atoms with van der Waals surface area (Å²) in [5, 5.41) is 3.31. The Balaban J connectivity index is 2.11. The Morgan fingerprint density at radius 1 is 1.44 bits per heavy atom. The van der Waals surface area contributed by atoms with Crippen LogP contribution < -0.4 is 10.1 Å². The van der Waals surface area contributed by atoms with Gasteiger partial charge in [-0.25, -0.2) is 4.98 Å². The topological polar surface area (TPSA) is 49.9 Å². The third-order valence-electron chi connectivity index (χ3n) is 2.38. The van der Waals surface area contributed by atoms with Gasteiger partial charge in [0.1, 0.15) is 5.75 Å². The Labute approximate surface area is 94.7 Å². The molecule has 0 saturated carbocycles. The summed E-state index contributed by atoms with van der Waals surface area (Å²) in [7, 11) is 1.67. The van der Waals surface area contributed by atoms with Crippen LogP contribution in [0.1, 0.15) is 11.3 Å². The molecule has 2 aromatic rings. The molecular formula is C12H15N3O. The van der Waals surface area contributed by atoms with E-state index in [0.717, 1.165) is 17.1 Å². The van der Waals surface area contributed by atoms with E-state index in [1.54, 1.807) is 19.6 Å². The van der Waals surface area contributed by atoms with Gasteiger partial charge in [0, 0.05) is 6.20 Å². The lowest BCUT2D eigenvalue weighted by molar-refractivity contribution is 0.416. The van der Waals surface area contributed by atoms with Gasteiger partial charge in [0.05, 0.1) is 31.4 Å². The molecule has 0 unspecified atom stereocenters. The summed E-state index contributed by atoms with van der Waals surface area (Å²) in [4.78, 5) is 7.01. The molecule has 0 amide bonds. The highest BCUT2D eigenvalue weighted by molar-refractivity contribution is 5.57. The van der Waals surface area contributed by atoms with Crippen LogP contribution in [0.4, 0.5) is 5.69 Å². The average Bonchev–Trinajstić information content (AvgIpc) is 2.79. The van der Waals surface area contributed by atoms with E-state index in [0.29, 0.717) is 6.54 Å². The molecule has 0 aliphatic rings. The van der Waals surface area contributed by atoms with Crippen molar-refractivity contribution in [1.82, 2.24) is 9.97 Å². The third kappa shape index (κ3) is 2.34. The molecule has 2 rings (SSSR count). The van der Waals surface area contributed by atoms with Gasteiger partial charge < -0.3 is 15.0 Å². The number of methoxy groups -OCH3 is 1. The highest BCUT2D eigenvalue weighted by Gasteiger charge is 2.02. The first-order valence-corrected chi connectivity index (χ1v) is 5.15. The number of benzene rings is 1. The second kappa shape index (κ2) is 4.70. The third-order valence-corrected chi connectivity index (χ3v) is 2.38. The summed E-state index contributed by atoms with van der Waals surface area (Å²) >= 11 is 0. The molecule has 4 nitrogen and oxygen atoms in total. The predicted octanol–water partition coefficient (Wildman–Crippen LogP) is 2.34. The molecule has 16 heavy (non-hydrogen) atoms. The van der Waals surface area contributed by atoms with Gasteiger partial charge in [-0.3, -0.25) is 0 Å². The molecule has 0 aliphatic carbocycles. The number of H-pyrrole nitrogens is 1. The summed E-state index contributed by atoms with van der Waals surface area (Å²) < 4.78 is 5.28. The lowest BCUT2D eigenvalue weighted by Gasteiger charge is -2.11. The van der Waals surface area contributed by atoms with E-state index in [1.807, 2.05) is 12.1 Å². The van der Waals surface area contributed by atoms with Gasteiger partial charge in [0.25, 0.3) is 0 Å². The minimum Gasteiger partial charge on any atom is -0.495 e. The van der Waals surface area contributed by atoms with Crippen LogP contribution in [0, 0.1) is 6.92 Å². The number of rotatable bonds is 4. The quantitative estimate of drug-likeness (QED) is 0.826. The molecule has 0 bridgehead atoms. The van der Waals surface area contributed by atoms with Crippen LogP contribution in [-0.4, -0.2) is 17.1 Å². The summed E-state index contributed by atoms with van der Waals surface area (Å²) in [5.74, 6) is 0.852. The van der Waals surface area contributed by atoms with Crippen LogP contribution in [0.25, 0.3) is 0 Å². The molecule has 0 aliphatic heterocycles. The second-order valence-corrected chi connectivity index (χ2v) is 3.63. The first kappa shape index (κ1) is 10.5. The summed E-state index contributed by atoms with van der Waals surface area (Å²) in [6.45, 7) is 2.76. The molecule has 0 saturated heterocycles. The minimum absolute atomic E-state index is 0.708. The number of ether oxygens (including phenoxy) is 1. The van der Waals surface area contributed by atoms with Crippen molar-refractivity contribution in [3.05, 3.63) is 42.0 Å². The SMILES string of the molecule is COc1ccc(C)cc1NCc1cnc[nH]1. The lowest BCUT2D eigenvalue weighted by atomic mass is 10.2. The Morgan fingerprint density at radius 3 is 3.00 bits per heavy atom. The molecule has 0 spiro atoms. The van der Waals surface area contributed by atoms with Crippen molar-refractivity contribution < 1.29 is 4.74 Å². The van der Waals surface area contributed by atoms with Crippen LogP contribution in [0.3, 0.4) is 0 Å². The van der Waals surface area contributed by atoms with Crippen molar-refractivity contribution in [2.75, 3.05) is 12.4 Å². The van der Waals surface area contributed by atoms with Gasteiger partial charge in [0.2, 0.25) is 0 Å². The maximum absolute atomic E-state index is 5.28. The number of aromatic nitrogens is 2. The smallest absolute Gasteiger partial charge is 0.141 e. The molecular weight excluding hydrogens is 202 g/mol. The predicted molar refractivity (Wildman–Crippen MR) is 63.6 cm³/mol. The van der Waals surface area contributed by atoms with Gasteiger partial charge >= 0.3 is 0 Å². The van der Waals surface area contributed by atoms with Crippen molar-refractivity contribution in [2.45, 2.75) is 13.5 Å².